The summed E-state index contributed by atoms with van der Waals surface area (Å²) < 4.78 is 6.01. The lowest BCUT2D eigenvalue weighted by Gasteiger charge is -2.35. The first-order valence-electron chi connectivity index (χ1n) is 25.1. The number of rotatable bonds is 14. The van der Waals surface area contributed by atoms with Crippen LogP contribution in [-0.4, -0.2) is 116 Å². The number of nitrogens with one attached hydrogen (secondary N) is 2. The van der Waals surface area contributed by atoms with E-state index in [-0.39, 0.29) is 17.9 Å². The second kappa shape index (κ2) is 27.4. The zero-order valence-electron chi connectivity index (χ0n) is 41.6. The highest BCUT2D eigenvalue weighted by Gasteiger charge is 2.27. The van der Waals surface area contributed by atoms with E-state index in [0.29, 0.717) is 36.1 Å². The van der Waals surface area contributed by atoms with Crippen LogP contribution in [0, 0.1) is 0 Å². The Bertz CT molecular complexity index is 2170. The zero-order chi connectivity index (χ0) is 48.1. The van der Waals surface area contributed by atoms with E-state index in [9.17, 15) is 14.7 Å². The van der Waals surface area contributed by atoms with Gasteiger partial charge in [-0.1, -0.05) is 108 Å². The molecule has 0 unspecified atom stereocenters. The lowest BCUT2D eigenvalue weighted by molar-refractivity contribution is 0.0713. The van der Waals surface area contributed by atoms with Crippen LogP contribution in [0.25, 0.3) is 5.70 Å². The van der Waals surface area contributed by atoms with Crippen LogP contribution in [0.3, 0.4) is 0 Å². The summed E-state index contributed by atoms with van der Waals surface area (Å²) in [4.78, 5) is 34.1. The van der Waals surface area contributed by atoms with Crippen molar-refractivity contribution in [3.8, 4) is 5.75 Å². The molecule has 0 bridgehead atoms. The average molecular weight is 913 g/mol. The fourth-order valence-corrected chi connectivity index (χ4v) is 9.53. The van der Waals surface area contributed by atoms with Crippen LogP contribution in [0.4, 0.5) is 0 Å². The summed E-state index contributed by atoms with van der Waals surface area (Å²) in [5.41, 5.74) is 9.79. The number of hydrogen-bond donors (Lipinski definition) is 3. The molecular weight excluding hydrogens is 833 g/mol. The van der Waals surface area contributed by atoms with Crippen LogP contribution in [0.2, 0.25) is 0 Å². The van der Waals surface area contributed by atoms with E-state index in [1.54, 1.807) is 6.07 Å². The second-order valence-electron chi connectivity index (χ2n) is 17.7. The molecule has 10 nitrogen and oxygen atoms in total. The molecule has 1 atom stereocenters. The van der Waals surface area contributed by atoms with E-state index in [1.165, 1.54) is 22.3 Å². The van der Waals surface area contributed by atoms with Gasteiger partial charge in [-0.25, -0.2) is 0 Å². The zero-order valence-corrected chi connectivity index (χ0v) is 41.6. The molecule has 3 N–H and O–H groups in total. The van der Waals surface area contributed by atoms with Crippen molar-refractivity contribution in [1.29, 1.82) is 0 Å². The van der Waals surface area contributed by atoms with E-state index in [2.05, 4.69) is 94.3 Å². The molecule has 2 amide bonds. The lowest BCUT2D eigenvalue weighted by Crippen LogP contribution is -2.38. The largest absolute Gasteiger partial charge is 0.487 e. The Kier molecular flexibility index (Phi) is 21.5. The van der Waals surface area contributed by atoms with Crippen LogP contribution in [-0.2, 0) is 13.1 Å². The standard InChI is InChI=1S/C28H37N3O2.C25H31N3O2.2C2H6/c1-21(31-15-12-27(32)19-31)20-33-28-9-5-7-25(17-28)22(2)30-13-10-24(11-14-30)26-8-4-6-23(16-26)18-29-3;1-26-18-19-6-4-7-21(16-19)20-10-14-28(15-11-20)25(30)23-9-5-8-22(17-23)24(29)27-12-2-3-13-27;2*1-2/h4-9,16-17,24,27,29,32H,1-2,10-15,18-20H2,3H3;4-9,16-17,20,26H,2-3,10-15,18H2,1H3;2*1-2H3/t27-;;;/m1.../s1. The molecule has 67 heavy (non-hydrogen) atoms. The molecule has 4 fully saturated rings. The Hall–Kier alpha value is -5.42. The van der Waals surface area contributed by atoms with Crippen LogP contribution >= 0.6 is 0 Å². The molecular formula is C57H80N6O4. The van der Waals surface area contributed by atoms with Crippen LogP contribution in [0.1, 0.15) is 133 Å². The second-order valence-corrected chi connectivity index (χ2v) is 17.7. The first kappa shape index (κ1) is 52.5. The SMILES string of the molecule is C=C(COc1cccc(C(=C)N2CCC(c3cccc(CNC)c3)CC2)c1)N1CC[C@@H](O)C1.CC.CC.CNCc1cccc(C2CCN(C(=O)c3cccc(C(=O)N4CCCC4)c3)CC2)c1. The van der Waals surface area contributed by atoms with Crippen molar-refractivity contribution in [1.82, 2.24) is 30.2 Å². The number of β-amino-alcohol motifs (C(OH)–C–C–N with tert-alkyl or cyclic N) is 1. The van der Waals surface area contributed by atoms with Gasteiger partial charge in [-0.2, -0.15) is 0 Å². The van der Waals surface area contributed by atoms with Gasteiger partial charge in [0.1, 0.15) is 12.4 Å². The average Bonchev–Trinajstić information content (AvgIpc) is 4.10. The quantitative estimate of drug-likeness (QED) is 0.115. The number of likely N-dealkylation sites (tertiary alicyclic amines) is 4. The van der Waals surface area contributed by atoms with Crippen LogP contribution < -0.4 is 15.4 Å². The highest BCUT2D eigenvalue weighted by Crippen LogP contribution is 2.33. The molecule has 0 saturated carbocycles. The van der Waals surface area contributed by atoms with Crippen molar-refractivity contribution in [3.63, 3.8) is 0 Å². The number of aliphatic hydroxyl groups is 1. The third kappa shape index (κ3) is 15.0. The highest BCUT2D eigenvalue weighted by atomic mass is 16.5. The normalized spacial score (nSPS) is 17.3. The number of carbonyl (C=O) groups is 2. The summed E-state index contributed by atoms with van der Waals surface area (Å²) in [6, 6.07) is 33.2. The van der Waals surface area contributed by atoms with Crippen molar-refractivity contribution >= 4 is 17.5 Å². The van der Waals surface area contributed by atoms with E-state index in [4.69, 9.17) is 4.74 Å². The topological polar surface area (TPSA) is 101 Å². The van der Waals surface area contributed by atoms with Crippen molar-refractivity contribution < 1.29 is 19.4 Å². The van der Waals surface area contributed by atoms with E-state index in [1.807, 2.05) is 81.9 Å². The third-order valence-corrected chi connectivity index (χ3v) is 13.2. The molecule has 4 heterocycles. The molecule has 4 aliphatic heterocycles. The summed E-state index contributed by atoms with van der Waals surface area (Å²) in [6.45, 7) is 25.4. The molecule has 10 heteroatoms. The summed E-state index contributed by atoms with van der Waals surface area (Å²) in [5.74, 6) is 2.01. The Morgan fingerprint density at radius 3 is 1.55 bits per heavy atom. The molecule has 4 aliphatic rings. The number of hydrogen-bond acceptors (Lipinski definition) is 8. The van der Waals surface area contributed by atoms with Crippen LogP contribution in [0.15, 0.2) is 116 Å². The summed E-state index contributed by atoms with van der Waals surface area (Å²) in [6.07, 6.45) is 6.90. The number of aliphatic hydroxyl groups excluding tert-OH is 1. The molecule has 0 radical (unpaired) electrons. The summed E-state index contributed by atoms with van der Waals surface area (Å²) >= 11 is 0. The number of amides is 2. The molecule has 0 aromatic heterocycles. The predicted octanol–water partition coefficient (Wildman–Crippen LogP) is 9.93. The molecule has 4 aromatic rings. The number of nitrogens with zero attached hydrogens (tertiary/aromatic N) is 4. The van der Waals surface area contributed by atoms with Crippen molar-refractivity contribution in [2.45, 2.75) is 104 Å². The minimum Gasteiger partial charge on any atom is -0.487 e. The van der Waals surface area contributed by atoms with Crippen molar-refractivity contribution in [3.05, 3.63) is 155 Å². The first-order valence-corrected chi connectivity index (χ1v) is 25.1. The Morgan fingerprint density at radius 2 is 1.04 bits per heavy atom. The molecule has 0 aliphatic carbocycles. The van der Waals surface area contributed by atoms with E-state index in [0.717, 1.165) is 127 Å². The smallest absolute Gasteiger partial charge is 0.253 e. The summed E-state index contributed by atoms with van der Waals surface area (Å²) in [7, 11) is 3.95. The minimum absolute atomic E-state index is 0.0356. The Balaban J connectivity index is 0.000000234. The molecule has 4 saturated heterocycles. The van der Waals surface area contributed by atoms with Gasteiger partial charge >= 0.3 is 0 Å². The van der Waals surface area contributed by atoms with Gasteiger partial charge in [0.15, 0.2) is 0 Å². The monoisotopic (exact) mass is 913 g/mol. The highest BCUT2D eigenvalue weighted by molar-refractivity contribution is 5.99. The Morgan fingerprint density at radius 1 is 0.582 bits per heavy atom. The van der Waals surface area contributed by atoms with Crippen molar-refractivity contribution in [2.75, 3.05) is 73.1 Å². The fourth-order valence-electron chi connectivity index (χ4n) is 9.53. The predicted molar refractivity (Wildman–Crippen MR) is 276 cm³/mol. The molecule has 0 spiro atoms. The van der Waals surface area contributed by atoms with Crippen molar-refractivity contribution in [2.24, 2.45) is 0 Å². The lowest BCUT2D eigenvalue weighted by atomic mass is 9.88. The van der Waals surface area contributed by atoms with Gasteiger partial charge in [0.05, 0.1) is 6.10 Å². The maximum absolute atomic E-state index is 13.1. The summed E-state index contributed by atoms with van der Waals surface area (Å²) in [5, 5.41) is 16.2. The van der Waals surface area contributed by atoms with Gasteiger partial charge in [0.25, 0.3) is 11.8 Å². The number of benzene rings is 4. The third-order valence-electron chi connectivity index (χ3n) is 13.2. The van der Waals surface area contributed by atoms with Gasteiger partial charge in [-0.15, -0.1) is 0 Å². The minimum atomic E-state index is -0.255. The van der Waals surface area contributed by atoms with Gasteiger partial charge in [-0.05, 0) is 123 Å². The van der Waals surface area contributed by atoms with E-state index >= 15 is 0 Å². The van der Waals surface area contributed by atoms with Gasteiger partial charge < -0.3 is 40.1 Å². The van der Waals surface area contributed by atoms with Gasteiger partial charge in [-0.3, -0.25) is 9.59 Å². The molecule has 4 aromatic carbocycles. The molecule has 362 valence electrons. The first-order chi connectivity index (χ1) is 32.7. The number of ether oxygens (including phenoxy) is 1. The van der Waals surface area contributed by atoms with Crippen LogP contribution in [0.5, 0.6) is 5.75 Å². The maximum Gasteiger partial charge on any atom is 0.253 e. The van der Waals surface area contributed by atoms with Gasteiger partial charge in [0, 0.05) is 93.5 Å². The number of carbonyl (C=O) groups excluding carboxylic acids is 2. The Labute approximate surface area is 403 Å². The fraction of sp³-hybridized carbons (Fsp3) is 0.474. The number of piperidine rings is 2. The van der Waals surface area contributed by atoms with E-state index < -0.39 is 0 Å². The van der Waals surface area contributed by atoms with Gasteiger partial charge in [0.2, 0.25) is 0 Å². The molecule has 8 rings (SSSR count). The maximum atomic E-state index is 13.1.